The summed E-state index contributed by atoms with van der Waals surface area (Å²) in [5.41, 5.74) is 2.29. The molecule has 1 aromatic carbocycles. The third-order valence-corrected chi connectivity index (χ3v) is 2.48. The summed E-state index contributed by atoms with van der Waals surface area (Å²) >= 11 is 0. The van der Waals surface area contributed by atoms with Gasteiger partial charge in [0.25, 0.3) is 0 Å². The van der Waals surface area contributed by atoms with Crippen molar-refractivity contribution in [2.24, 2.45) is 0 Å². The van der Waals surface area contributed by atoms with Crippen LogP contribution in [-0.2, 0) is 4.79 Å². The van der Waals surface area contributed by atoms with Crippen LogP contribution in [0.1, 0.15) is 25.3 Å². The Hall–Kier alpha value is -0.510. The van der Waals surface area contributed by atoms with Crippen LogP contribution in [0.4, 0.5) is 5.69 Å². The molecule has 0 aliphatic carbocycles. The molecule has 0 aliphatic heterocycles. The summed E-state index contributed by atoms with van der Waals surface area (Å²) in [5, 5.41) is 10.5. The first kappa shape index (κ1) is 16.5. The second kappa shape index (κ2) is 8.56. The van der Waals surface area contributed by atoms with E-state index in [2.05, 4.69) is 11.8 Å². The van der Waals surface area contributed by atoms with E-state index in [9.17, 15) is 9.90 Å². The van der Waals surface area contributed by atoms with Crippen LogP contribution >= 0.6 is 0 Å². The Morgan fingerprint density at radius 3 is 2.29 bits per heavy atom. The first-order chi connectivity index (χ1) is 7.63. The predicted molar refractivity (Wildman–Crippen MR) is 63.3 cm³/mol. The van der Waals surface area contributed by atoms with Gasteiger partial charge in [-0.25, -0.2) is 0 Å². The van der Waals surface area contributed by atoms with Gasteiger partial charge in [-0.1, -0.05) is 24.6 Å². The second-order valence-corrected chi connectivity index (χ2v) is 3.94. The molecule has 0 aliphatic rings. The van der Waals surface area contributed by atoms with Crippen LogP contribution in [0, 0.1) is 6.92 Å². The second-order valence-electron chi connectivity index (χ2n) is 3.94. The molecule has 4 heteroatoms. The number of carbonyl (C=O) groups excluding carboxylic acids is 1. The molecule has 0 fully saturated rings. The Morgan fingerprint density at radius 1 is 1.24 bits per heavy atom. The van der Waals surface area contributed by atoms with Crippen molar-refractivity contribution in [2.75, 3.05) is 18.0 Å². The van der Waals surface area contributed by atoms with E-state index in [1.54, 1.807) is 0 Å². The van der Waals surface area contributed by atoms with Crippen LogP contribution in [0.15, 0.2) is 24.3 Å². The van der Waals surface area contributed by atoms with Crippen molar-refractivity contribution in [1.29, 1.82) is 0 Å². The molecule has 0 unspecified atom stereocenters. The molecule has 0 heterocycles. The fraction of sp³-hybridized carbons (Fsp3) is 0.462. The van der Waals surface area contributed by atoms with Gasteiger partial charge in [0, 0.05) is 31.2 Å². The predicted octanol–water partition coefficient (Wildman–Crippen LogP) is -1.64. The van der Waals surface area contributed by atoms with Crippen molar-refractivity contribution < 1.29 is 39.5 Å². The number of aryl methyl sites for hydroxylation is 1. The molecule has 1 aromatic rings. The number of anilines is 1. The van der Waals surface area contributed by atoms with Crippen molar-refractivity contribution in [3.63, 3.8) is 0 Å². The van der Waals surface area contributed by atoms with Gasteiger partial charge in [-0.3, -0.25) is 0 Å². The van der Waals surface area contributed by atoms with Crippen molar-refractivity contribution in [3.8, 4) is 0 Å². The minimum Gasteiger partial charge on any atom is -0.550 e. The molecule has 0 saturated carbocycles. The molecule has 0 spiro atoms. The summed E-state index contributed by atoms with van der Waals surface area (Å²) < 4.78 is 0. The maximum Gasteiger partial charge on any atom is 1.00 e. The fourth-order valence-electron chi connectivity index (χ4n) is 1.62. The van der Waals surface area contributed by atoms with E-state index in [-0.39, 0.29) is 36.0 Å². The standard InChI is InChI=1S/C13H19NO2.Na/c1-3-9-14(10-8-13(15)16)12-6-4-11(2)5-7-12;/h4-7H,3,8-10H2,1-2H3,(H,15,16);/q;+1/p-1. The van der Waals surface area contributed by atoms with E-state index in [1.807, 2.05) is 31.2 Å². The molecule has 0 N–H and O–H groups in total. The Kier molecular flexibility index (Phi) is 8.30. The number of hydrogen-bond donors (Lipinski definition) is 0. The number of carboxylic acid groups (broad SMARTS) is 1. The number of rotatable bonds is 6. The van der Waals surface area contributed by atoms with Crippen LogP contribution in [0.5, 0.6) is 0 Å². The number of aliphatic carboxylic acids is 1. The molecule has 0 radical (unpaired) electrons. The Labute approximate surface area is 125 Å². The molecule has 0 bridgehead atoms. The number of carboxylic acids is 1. The topological polar surface area (TPSA) is 43.4 Å². The molecular weight excluding hydrogens is 225 g/mol. The SMILES string of the molecule is CCCN(CCC(=O)[O-])c1ccc(C)cc1.[Na+]. The largest absolute Gasteiger partial charge is 1.00 e. The van der Waals surface area contributed by atoms with Crippen molar-refractivity contribution >= 4 is 11.7 Å². The van der Waals surface area contributed by atoms with Crippen molar-refractivity contribution in [3.05, 3.63) is 29.8 Å². The maximum absolute atomic E-state index is 10.5. The molecule has 1 rings (SSSR count). The maximum atomic E-state index is 10.5. The van der Waals surface area contributed by atoms with Crippen LogP contribution in [0.2, 0.25) is 0 Å². The number of carbonyl (C=O) groups is 1. The van der Waals surface area contributed by atoms with E-state index < -0.39 is 5.97 Å². The van der Waals surface area contributed by atoms with E-state index in [0.717, 1.165) is 18.7 Å². The van der Waals surface area contributed by atoms with Crippen LogP contribution in [0.25, 0.3) is 0 Å². The van der Waals surface area contributed by atoms with E-state index in [1.165, 1.54) is 5.56 Å². The van der Waals surface area contributed by atoms with Crippen LogP contribution in [0.3, 0.4) is 0 Å². The fourth-order valence-corrected chi connectivity index (χ4v) is 1.62. The normalized spacial score (nSPS) is 9.53. The number of nitrogens with zero attached hydrogens (tertiary/aromatic N) is 1. The van der Waals surface area contributed by atoms with E-state index >= 15 is 0 Å². The molecular formula is C13H18NNaO2. The van der Waals surface area contributed by atoms with Gasteiger partial charge in [-0.2, -0.15) is 0 Å². The van der Waals surface area contributed by atoms with Crippen LogP contribution < -0.4 is 39.6 Å². The number of hydrogen-bond acceptors (Lipinski definition) is 3. The third-order valence-electron chi connectivity index (χ3n) is 2.48. The third kappa shape index (κ3) is 6.10. The number of benzene rings is 1. The Bertz CT molecular complexity index is 338. The zero-order valence-electron chi connectivity index (χ0n) is 10.9. The summed E-state index contributed by atoms with van der Waals surface area (Å²) in [4.78, 5) is 12.5. The van der Waals surface area contributed by atoms with Gasteiger partial charge in [0.05, 0.1) is 0 Å². The summed E-state index contributed by atoms with van der Waals surface area (Å²) in [5.74, 6) is -0.992. The van der Waals surface area contributed by atoms with E-state index in [0.29, 0.717) is 6.54 Å². The smallest absolute Gasteiger partial charge is 0.550 e. The molecule has 88 valence electrons. The van der Waals surface area contributed by atoms with Gasteiger partial charge in [-0.15, -0.1) is 0 Å². The summed E-state index contributed by atoms with van der Waals surface area (Å²) in [6.07, 6.45) is 1.08. The van der Waals surface area contributed by atoms with Gasteiger partial charge < -0.3 is 14.8 Å². The molecule has 3 nitrogen and oxygen atoms in total. The monoisotopic (exact) mass is 243 g/mol. The van der Waals surface area contributed by atoms with E-state index in [4.69, 9.17) is 0 Å². The Balaban J connectivity index is 0.00000256. The quantitative estimate of drug-likeness (QED) is 0.563. The molecule has 0 saturated heterocycles. The zero-order chi connectivity index (χ0) is 12.0. The summed E-state index contributed by atoms with van der Waals surface area (Å²) in [6.45, 7) is 5.50. The minimum atomic E-state index is -0.992. The molecule has 0 atom stereocenters. The minimum absolute atomic E-state index is 0. The Morgan fingerprint density at radius 2 is 1.82 bits per heavy atom. The van der Waals surface area contributed by atoms with Crippen molar-refractivity contribution in [2.45, 2.75) is 26.7 Å². The van der Waals surface area contributed by atoms with Crippen molar-refractivity contribution in [1.82, 2.24) is 0 Å². The molecule has 0 aromatic heterocycles. The first-order valence-electron chi connectivity index (χ1n) is 5.65. The average Bonchev–Trinajstić information content (AvgIpc) is 2.25. The van der Waals surface area contributed by atoms with Gasteiger partial charge in [0.1, 0.15) is 0 Å². The summed E-state index contributed by atoms with van der Waals surface area (Å²) in [7, 11) is 0. The first-order valence-corrected chi connectivity index (χ1v) is 5.65. The van der Waals surface area contributed by atoms with Crippen LogP contribution in [-0.4, -0.2) is 19.1 Å². The zero-order valence-corrected chi connectivity index (χ0v) is 12.9. The van der Waals surface area contributed by atoms with Gasteiger partial charge in [0.15, 0.2) is 0 Å². The average molecular weight is 243 g/mol. The van der Waals surface area contributed by atoms with Gasteiger partial charge >= 0.3 is 29.6 Å². The summed E-state index contributed by atoms with van der Waals surface area (Å²) in [6, 6.07) is 8.13. The molecule has 17 heavy (non-hydrogen) atoms. The van der Waals surface area contributed by atoms with Gasteiger partial charge in [-0.05, 0) is 25.5 Å². The molecule has 0 amide bonds. The van der Waals surface area contributed by atoms with Gasteiger partial charge in [0.2, 0.25) is 0 Å².